The van der Waals surface area contributed by atoms with Crippen LogP contribution in [0.5, 0.6) is 0 Å². The molecule has 0 aromatic heterocycles. The van der Waals surface area contributed by atoms with E-state index in [-0.39, 0.29) is 5.91 Å². The van der Waals surface area contributed by atoms with Gasteiger partial charge in [0.1, 0.15) is 0 Å². The Bertz CT molecular complexity index is 1370. The highest BCUT2D eigenvalue weighted by atomic mass is 32.2. The summed E-state index contributed by atoms with van der Waals surface area (Å²) in [4.78, 5) is 19.0. The van der Waals surface area contributed by atoms with Gasteiger partial charge in [0.15, 0.2) is 0 Å². The van der Waals surface area contributed by atoms with E-state index in [1.165, 1.54) is 16.1 Å². The number of benzene rings is 3. The number of nitrogens with one attached hydrogen (secondary N) is 1. The molecule has 9 heteroatoms. The van der Waals surface area contributed by atoms with Crippen molar-refractivity contribution >= 4 is 39.1 Å². The average Bonchev–Trinajstić information content (AvgIpc) is 2.96. The Kier molecular flexibility index (Phi) is 8.92. The van der Waals surface area contributed by atoms with Gasteiger partial charge in [-0.3, -0.25) is 4.79 Å². The lowest BCUT2D eigenvalue weighted by Gasteiger charge is -2.33. The molecule has 1 amide bonds. The Morgan fingerprint density at radius 1 is 0.897 bits per heavy atom. The molecule has 2 aliphatic rings. The molecule has 2 heterocycles. The Labute approximate surface area is 236 Å². The highest BCUT2D eigenvalue weighted by molar-refractivity contribution is 7.99. The molecule has 0 saturated carbocycles. The second-order valence-electron chi connectivity index (χ2n) is 10.1. The molecule has 206 valence electrons. The van der Waals surface area contributed by atoms with Gasteiger partial charge in [-0.15, -0.1) is 11.8 Å². The number of hydrogen-bond donors (Lipinski definition) is 1. The molecule has 39 heavy (non-hydrogen) atoms. The number of anilines is 2. The number of nitrogens with zero attached hydrogens (tertiary/aromatic N) is 3. The summed E-state index contributed by atoms with van der Waals surface area (Å²) in [6, 6.07) is 23.7. The SMILES string of the molecule is Cc1ccc(S(=O)(=O)N2CCN(CCC(=O)Nc3ccc4c(c3)N(CCc3ccccc3)CCS4)CC2)cc1. The minimum atomic E-state index is -3.48. The van der Waals surface area contributed by atoms with Gasteiger partial charge < -0.3 is 15.1 Å². The van der Waals surface area contributed by atoms with Crippen LogP contribution in [0.1, 0.15) is 17.5 Å². The number of fused-ring (bicyclic) bond motifs is 1. The Hall–Kier alpha value is -2.85. The molecule has 1 fully saturated rings. The minimum absolute atomic E-state index is 0.0241. The van der Waals surface area contributed by atoms with Crippen LogP contribution in [0.3, 0.4) is 0 Å². The number of amides is 1. The quantitative estimate of drug-likeness (QED) is 0.413. The van der Waals surface area contributed by atoms with Crippen LogP contribution in [-0.2, 0) is 21.2 Å². The topological polar surface area (TPSA) is 73.0 Å². The predicted molar refractivity (Wildman–Crippen MR) is 159 cm³/mol. The molecule has 1 N–H and O–H groups in total. The van der Waals surface area contributed by atoms with Gasteiger partial charge in [-0.25, -0.2) is 8.42 Å². The van der Waals surface area contributed by atoms with E-state index in [9.17, 15) is 13.2 Å². The number of rotatable bonds is 9. The number of carbonyl (C=O) groups excluding carboxylic acids is 1. The fourth-order valence-corrected chi connectivity index (χ4v) is 7.48. The summed E-state index contributed by atoms with van der Waals surface area (Å²) in [6.45, 7) is 6.58. The first-order valence-electron chi connectivity index (χ1n) is 13.5. The molecular weight excluding hydrogens is 528 g/mol. The number of carbonyl (C=O) groups is 1. The normalized spacial score (nSPS) is 16.6. The van der Waals surface area contributed by atoms with Crippen molar-refractivity contribution in [1.82, 2.24) is 9.21 Å². The largest absolute Gasteiger partial charge is 0.369 e. The maximum absolute atomic E-state index is 13.0. The van der Waals surface area contributed by atoms with Crippen LogP contribution in [0.4, 0.5) is 11.4 Å². The van der Waals surface area contributed by atoms with Gasteiger partial charge in [0.05, 0.1) is 10.6 Å². The van der Waals surface area contributed by atoms with Crippen molar-refractivity contribution in [3.63, 3.8) is 0 Å². The molecule has 0 aliphatic carbocycles. The molecule has 2 aliphatic heterocycles. The molecule has 0 radical (unpaired) electrons. The predicted octanol–water partition coefficient (Wildman–Crippen LogP) is 4.48. The third kappa shape index (κ3) is 7.03. The van der Waals surface area contributed by atoms with Crippen molar-refractivity contribution < 1.29 is 13.2 Å². The fourth-order valence-electron chi connectivity index (χ4n) is 5.03. The van der Waals surface area contributed by atoms with E-state index >= 15 is 0 Å². The Morgan fingerprint density at radius 2 is 1.64 bits per heavy atom. The first-order chi connectivity index (χ1) is 18.9. The summed E-state index contributed by atoms with van der Waals surface area (Å²) in [5, 5.41) is 3.08. The van der Waals surface area contributed by atoms with E-state index < -0.39 is 10.0 Å². The monoisotopic (exact) mass is 564 g/mol. The van der Waals surface area contributed by atoms with Gasteiger partial charge in [0, 0.05) is 68.6 Å². The molecule has 0 unspecified atom stereocenters. The minimum Gasteiger partial charge on any atom is -0.369 e. The van der Waals surface area contributed by atoms with Gasteiger partial charge in [0.25, 0.3) is 0 Å². The molecule has 0 spiro atoms. The van der Waals surface area contributed by atoms with E-state index in [1.807, 2.05) is 43.0 Å². The van der Waals surface area contributed by atoms with E-state index in [0.29, 0.717) is 44.0 Å². The van der Waals surface area contributed by atoms with Crippen molar-refractivity contribution in [1.29, 1.82) is 0 Å². The van der Waals surface area contributed by atoms with Crippen LogP contribution >= 0.6 is 11.8 Å². The third-order valence-corrected chi connectivity index (χ3v) is 10.3. The third-order valence-electron chi connectivity index (χ3n) is 7.36. The first-order valence-corrected chi connectivity index (χ1v) is 16.0. The Balaban J connectivity index is 1.11. The second kappa shape index (κ2) is 12.6. The lowest BCUT2D eigenvalue weighted by atomic mass is 10.1. The summed E-state index contributed by atoms with van der Waals surface area (Å²) in [7, 11) is -3.48. The van der Waals surface area contributed by atoms with Gasteiger partial charge in [-0.2, -0.15) is 4.31 Å². The van der Waals surface area contributed by atoms with Crippen LogP contribution in [0.15, 0.2) is 82.6 Å². The molecule has 3 aromatic rings. The average molecular weight is 565 g/mol. The van der Waals surface area contributed by atoms with E-state index in [0.717, 1.165) is 36.5 Å². The highest BCUT2D eigenvalue weighted by Crippen LogP contribution is 2.36. The van der Waals surface area contributed by atoms with Crippen molar-refractivity contribution in [2.24, 2.45) is 0 Å². The van der Waals surface area contributed by atoms with Crippen molar-refractivity contribution in [3.05, 3.63) is 83.9 Å². The van der Waals surface area contributed by atoms with Crippen molar-refractivity contribution in [2.75, 3.05) is 61.8 Å². The second-order valence-corrected chi connectivity index (χ2v) is 13.2. The van der Waals surface area contributed by atoms with Gasteiger partial charge >= 0.3 is 0 Å². The van der Waals surface area contributed by atoms with Gasteiger partial charge in [-0.1, -0.05) is 48.0 Å². The van der Waals surface area contributed by atoms with E-state index in [1.54, 1.807) is 16.4 Å². The zero-order valence-electron chi connectivity index (χ0n) is 22.4. The van der Waals surface area contributed by atoms with Gasteiger partial charge in [-0.05, 0) is 49.2 Å². The summed E-state index contributed by atoms with van der Waals surface area (Å²) in [6.07, 6.45) is 1.36. The molecular formula is C30H36N4O3S2. The number of thioether (sulfide) groups is 1. The Morgan fingerprint density at radius 3 is 2.38 bits per heavy atom. The molecule has 1 saturated heterocycles. The van der Waals surface area contributed by atoms with Crippen LogP contribution in [0.25, 0.3) is 0 Å². The summed E-state index contributed by atoms with van der Waals surface area (Å²) in [5.74, 6) is 1.04. The zero-order chi connectivity index (χ0) is 27.2. The fraction of sp³-hybridized carbons (Fsp3) is 0.367. The van der Waals surface area contributed by atoms with Crippen molar-refractivity contribution in [2.45, 2.75) is 29.6 Å². The number of sulfonamides is 1. The molecule has 0 bridgehead atoms. The standard InChI is InChI=1S/C30H36N4O3S2/c1-24-7-10-27(11-8-24)39(36,37)34-19-17-32(18-20-34)15-14-30(35)31-26-9-12-29-28(23-26)33(21-22-38-29)16-13-25-5-3-2-4-6-25/h2-12,23H,13-22H2,1H3,(H,31,35). The number of hydrogen-bond acceptors (Lipinski definition) is 6. The molecule has 3 aromatic carbocycles. The van der Waals surface area contributed by atoms with E-state index in [2.05, 4.69) is 51.5 Å². The zero-order valence-corrected chi connectivity index (χ0v) is 24.0. The van der Waals surface area contributed by atoms with Crippen molar-refractivity contribution in [3.8, 4) is 0 Å². The summed E-state index contributed by atoms with van der Waals surface area (Å²) < 4.78 is 27.4. The maximum Gasteiger partial charge on any atom is 0.243 e. The van der Waals surface area contributed by atoms with Crippen LogP contribution in [0, 0.1) is 6.92 Å². The maximum atomic E-state index is 13.0. The highest BCUT2D eigenvalue weighted by Gasteiger charge is 2.28. The van der Waals surface area contributed by atoms with Crippen LogP contribution in [0.2, 0.25) is 0 Å². The summed E-state index contributed by atoms with van der Waals surface area (Å²) in [5.41, 5.74) is 4.37. The lowest BCUT2D eigenvalue weighted by molar-refractivity contribution is -0.116. The number of aryl methyl sites for hydroxylation is 1. The lowest BCUT2D eigenvalue weighted by Crippen LogP contribution is -2.49. The van der Waals surface area contributed by atoms with Gasteiger partial charge in [0.2, 0.25) is 15.9 Å². The molecule has 5 rings (SSSR count). The number of piperazine rings is 1. The first kappa shape index (κ1) is 27.7. The molecule has 0 atom stereocenters. The van der Waals surface area contributed by atoms with Crippen LogP contribution < -0.4 is 10.2 Å². The van der Waals surface area contributed by atoms with Crippen LogP contribution in [-0.4, -0.2) is 75.1 Å². The summed E-state index contributed by atoms with van der Waals surface area (Å²) >= 11 is 1.86. The molecule has 7 nitrogen and oxygen atoms in total. The van der Waals surface area contributed by atoms with E-state index in [4.69, 9.17) is 0 Å². The smallest absolute Gasteiger partial charge is 0.243 e.